The summed E-state index contributed by atoms with van der Waals surface area (Å²) >= 11 is 0. The van der Waals surface area contributed by atoms with Gasteiger partial charge in [0.05, 0.1) is 12.6 Å². The van der Waals surface area contributed by atoms with Crippen molar-refractivity contribution in [3.63, 3.8) is 0 Å². The number of hydrogen-bond acceptors (Lipinski definition) is 5. The van der Waals surface area contributed by atoms with E-state index in [1.54, 1.807) is 12.1 Å². The number of nitrogens with one attached hydrogen (secondary N) is 2. The Morgan fingerprint density at radius 3 is 2.62 bits per heavy atom. The number of ether oxygens (including phenoxy) is 2. The summed E-state index contributed by atoms with van der Waals surface area (Å²) in [5.74, 6) is 1.28. The van der Waals surface area contributed by atoms with Crippen molar-refractivity contribution in [2.75, 3.05) is 31.7 Å². The van der Waals surface area contributed by atoms with Crippen molar-refractivity contribution in [3.8, 4) is 11.5 Å². The number of nitrogens with zero attached hydrogens (tertiary/aromatic N) is 1. The SMILES string of the molecule is CC(NC(=O)CN1CCC(C(=O)Nc2ccc3c(c2)OCO3)CC1)c1cccc2ccccc12. The van der Waals surface area contributed by atoms with Gasteiger partial charge in [-0.05, 0) is 61.3 Å². The van der Waals surface area contributed by atoms with Gasteiger partial charge in [0.15, 0.2) is 11.5 Å². The molecule has 176 valence electrons. The second-order valence-corrected chi connectivity index (χ2v) is 8.97. The predicted molar refractivity (Wildman–Crippen MR) is 131 cm³/mol. The van der Waals surface area contributed by atoms with E-state index in [0.717, 1.165) is 36.9 Å². The number of likely N-dealkylation sites (tertiary alicyclic amines) is 1. The molecule has 0 aromatic heterocycles. The zero-order valence-corrected chi connectivity index (χ0v) is 19.3. The lowest BCUT2D eigenvalue weighted by Crippen LogP contribution is -2.43. The molecule has 0 bridgehead atoms. The van der Waals surface area contributed by atoms with Crippen LogP contribution in [0.2, 0.25) is 0 Å². The highest BCUT2D eigenvalue weighted by molar-refractivity contribution is 5.93. The minimum absolute atomic E-state index is 0.00342. The molecule has 0 spiro atoms. The fourth-order valence-electron chi connectivity index (χ4n) is 4.77. The zero-order valence-electron chi connectivity index (χ0n) is 19.3. The van der Waals surface area contributed by atoms with E-state index in [4.69, 9.17) is 9.47 Å². The first-order valence-electron chi connectivity index (χ1n) is 11.8. The Kier molecular flexibility index (Phi) is 6.36. The van der Waals surface area contributed by atoms with E-state index in [2.05, 4.69) is 39.8 Å². The van der Waals surface area contributed by atoms with Crippen LogP contribution < -0.4 is 20.1 Å². The molecule has 1 atom stereocenters. The molecule has 0 aliphatic carbocycles. The molecule has 0 saturated carbocycles. The van der Waals surface area contributed by atoms with E-state index in [0.29, 0.717) is 23.7 Å². The first-order valence-corrected chi connectivity index (χ1v) is 11.8. The molecule has 1 saturated heterocycles. The van der Waals surface area contributed by atoms with Crippen molar-refractivity contribution in [3.05, 3.63) is 66.2 Å². The van der Waals surface area contributed by atoms with E-state index in [1.807, 2.05) is 31.2 Å². The van der Waals surface area contributed by atoms with Crippen LogP contribution in [0.4, 0.5) is 5.69 Å². The number of carbonyl (C=O) groups is 2. The third-order valence-electron chi connectivity index (χ3n) is 6.63. The van der Waals surface area contributed by atoms with Gasteiger partial charge in [-0.2, -0.15) is 0 Å². The van der Waals surface area contributed by atoms with Gasteiger partial charge in [0.25, 0.3) is 0 Å². The van der Waals surface area contributed by atoms with Gasteiger partial charge >= 0.3 is 0 Å². The van der Waals surface area contributed by atoms with Crippen LogP contribution in [0.1, 0.15) is 31.4 Å². The minimum Gasteiger partial charge on any atom is -0.454 e. The lowest BCUT2D eigenvalue weighted by molar-refractivity contribution is -0.123. The summed E-state index contributed by atoms with van der Waals surface area (Å²) < 4.78 is 10.7. The normalized spacial score (nSPS) is 16.9. The average Bonchev–Trinajstić information content (AvgIpc) is 3.32. The second-order valence-electron chi connectivity index (χ2n) is 8.97. The quantitative estimate of drug-likeness (QED) is 0.580. The van der Waals surface area contributed by atoms with Gasteiger partial charge in [-0.15, -0.1) is 0 Å². The maximum Gasteiger partial charge on any atom is 0.234 e. The lowest BCUT2D eigenvalue weighted by Gasteiger charge is -2.31. The van der Waals surface area contributed by atoms with E-state index in [-0.39, 0.29) is 30.6 Å². The summed E-state index contributed by atoms with van der Waals surface area (Å²) in [6.45, 7) is 4.00. The number of anilines is 1. The van der Waals surface area contributed by atoms with E-state index >= 15 is 0 Å². The predicted octanol–water partition coefficient (Wildman–Crippen LogP) is 4.10. The highest BCUT2D eigenvalue weighted by Crippen LogP contribution is 2.34. The monoisotopic (exact) mass is 459 g/mol. The third-order valence-corrected chi connectivity index (χ3v) is 6.63. The summed E-state index contributed by atoms with van der Waals surface area (Å²) in [6.07, 6.45) is 1.45. The molecule has 3 aromatic carbocycles. The number of piperidine rings is 1. The van der Waals surface area contributed by atoms with Crippen LogP contribution in [0, 0.1) is 5.92 Å². The van der Waals surface area contributed by atoms with Gasteiger partial charge in [0.1, 0.15) is 0 Å². The average molecular weight is 460 g/mol. The topological polar surface area (TPSA) is 79.9 Å². The van der Waals surface area contributed by atoms with Crippen molar-refractivity contribution in [2.45, 2.75) is 25.8 Å². The van der Waals surface area contributed by atoms with Crippen molar-refractivity contribution in [1.82, 2.24) is 10.2 Å². The van der Waals surface area contributed by atoms with Crippen LogP contribution >= 0.6 is 0 Å². The first kappa shape index (κ1) is 22.2. The van der Waals surface area contributed by atoms with Gasteiger partial charge in [-0.25, -0.2) is 0 Å². The standard InChI is InChI=1S/C27H29N3O4/c1-18(22-8-4-6-19-5-2-3-7-23(19)22)28-26(31)16-30-13-11-20(12-14-30)27(32)29-21-9-10-24-25(15-21)34-17-33-24/h2-10,15,18,20H,11-14,16-17H2,1H3,(H,28,31)(H,29,32). The largest absolute Gasteiger partial charge is 0.454 e. The molecule has 7 heteroatoms. The fraction of sp³-hybridized carbons (Fsp3) is 0.333. The van der Waals surface area contributed by atoms with Crippen LogP contribution in [-0.2, 0) is 9.59 Å². The van der Waals surface area contributed by atoms with E-state index in [9.17, 15) is 9.59 Å². The van der Waals surface area contributed by atoms with Crippen molar-refractivity contribution < 1.29 is 19.1 Å². The molecule has 2 heterocycles. The smallest absolute Gasteiger partial charge is 0.234 e. The molecule has 34 heavy (non-hydrogen) atoms. The van der Waals surface area contributed by atoms with Crippen molar-refractivity contribution in [2.24, 2.45) is 5.92 Å². The van der Waals surface area contributed by atoms with E-state index in [1.165, 1.54) is 5.39 Å². The van der Waals surface area contributed by atoms with Crippen LogP contribution in [0.3, 0.4) is 0 Å². The fourth-order valence-corrected chi connectivity index (χ4v) is 4.77. The molecule has 2 amide bonds. The van der Waals surface area contributed by atoms with Crippen molar-refractivity contribution >= 4 is 28.3 Å². The highest BCUT2D eigenvalue weighted by Gasteiger charge is 2.27. The first-order chi connectivity index (χ1) is 16.6. The Bertz CT molecular complexity index is 1200. The Labute approximate surface area is 199 Å². The Morgan fingerprint density at radius 2 is 1.76 bits per heavy atom. The molecular formula is C27H29N3O4. The van der Waals surface area contributed by atoms with Gasteiger partial charge in [-0.3, -0.25) is 14.5 Å². The maximum atomic E-state index is 12.7. The number of benzene rings is 3. The molecule has 1 unspecified atom stereocenters. The lowest BCUT2D eigenvalue weighted by atomic mass is 9.95. The molecule has 2 aliphatic heterocycles. The minimum atomic E-state index is -0.0800. The van der Waals surface area contributed by atoms with Gasteiger partial charge < -0.3 is 20.1 Å². The summed E-state index contributed by atoms with van der Waals surface area (Å²) in [5, 5.41) is 8.45. The number of rotatable bonds is 6. The molecule has 0 radical (unpaired) electrons. The number of hydrogen-bond donors (Lipinski definition) is 2. The highest BCUT2D eigenvalue weighted by atomic mass is 16.7. The number of fused-ring (bicyclic) bond motifs is 2. The molecule has 5 rings (SSSR count). The second kappa shape index (κ2) is 9.73. The summed E-state index contributed by atoms with van der Waals surface area (Å²) in [7, 11) is 0. The summed E-state index contributed by atoms with van der Waals surface area (Å²) in [5.41, 5.74) is 1.82. The summed E-state index contributed by atoms with van der Waals surface area (Å²) in [4.78, 5) is 27.6. The number of amides is 2. The summed E-state index contributed by atoms with van der Waals surface area (Å²) in [6, 6.07) is 19.7. The molecule has 7 nitrogen and oxygen atoms in total. The van der Waals surface area contributed by atoms with Crippen LogP contribution in [-0.4, -0.2) is 43.1 Å². The van der Waals surface area contributed by atoms with Gasteiger partial charge in [0.2, 0.25) is 18.6 Å². The van der Waals surface area contributed by atoms with Gasteiger partial charge in [-0.1, -0.05) is 42.5 Å². The van der Waals surface area contributed by atoms with Gasteiger partial charge in [0, 0.05) is 17.7 Å². The van der Waals surface area contributed by atoms with E-state index < -0.39 is 0 Å². The van der Waals surface area contributed by atoms with Crippen LogP contribution in [0.5, 0.6) is 11.5 Å². The third kappa shape index (κ3) is 4.84. The molecule has 2 N–H and O–H groups in total. The van der Waals surface area contributed by atoms with Crippen molar-refractivity contribution in [1.29, 1.82) is 0 Å². The molecule has 1 fully saturated rings. The Hall–Kier alpha value is -3.58. The Balaban J connectivity index is 1.10. The Morgan fingerprint density at radius 1 is 1.00 bits per heavy atom. The van der Waals surface area contributed by atoms with Crippen LogP contribution in [0.15, 0.2) is 60.7 Å². The number of carbonyl (C=O) groups excluding carboxylic acids is 2. The maximum absolute atomic E-state index is 12.7. The molecular weight excluding hydrogens is 430 g/mol. The molecule has 3 aromatic rings. The van der Waals surface area contributed by atoms with Crippen LogP contribution in [0.25, 0.3) is 10.8 Å². The molecule has 2 aliphatic rings. The zero-order chi connectivity index (χ0) is 23.5.